The van der Waals surface area contributed by atoms with Gasteiger partial charge in [0, 0.05) is 26.1 Å². The zero-order chi connectivity index (χ0) is 14.6. The second-order valence-corrected chi connectivity index (χ2v) is 7.35. The van der Waals surface area contributed by atoms with Gasteiger partial charge in [0.05, 0.1) is 17.4 Å². The van der Waals surface area contributed by atoms with Gasteiger partial charge in [-0.15, -0.1) is 0 Å². The minimum absolute atomic E-state index is 0.0193. The molecule has 8 heteroatoms. The van der Waals surface area contributed by atoms with E-state index in [4.69, 9.17) is 10.8 Å². The molecule has 0 aliphatic carbocycles. The topological polar surface area (TPSA) is 118 Å². The fourth-order valence-corrected chi connectivity index (χ4v) is 3.45. The van der Waals surface area contributed by atoms with Gasteiger partial charge in [0.2, 0.25) is 5.91 Å². The summed E-state index contributed by atoms with van der Waals surface area (Å²) in [5.41, 5.74) is 4.91. The zero-order valence-corrected chi connectivity index (χ0v) is 11.7. The van der Waals surface area contributed by atoms with Gasteiger partial charge in [0.25, 0.3) is 0 Å². The molecule has 2 atom stereocenters. The summed E-state index contributed by atoms with van der Waals surface area (Å²) in [5.74, 6) is -2.21. The summed E-state index contributed by atoms with van der Waals surface area (Å²) in [6, 6.07) is 0. The van der Waals surface area contributed by atoms with Crippen LogP contribution in [0, 0.1) is 11.8 Å². The predicted molar refractivity (Wildman–Crippen MR) is 69.2 cm³/mol. The Morgan fingerprint density at radius 2 is 1.95 bits per heavy atom. The highest BCUT2D eigenvalue weighted by Crippen LogP contribution is 2.22. The van der Waals surface area contributed by atoms with Gasteiger partial charge in [-0.25, -0.2) is 8.42 Å². The first-order chi connectivity index (χ1) is 8.71. The van der Waals surface area contributed by atoms with Crippen molar-refractivity contribution in [2.45, 2.75) is 13.3 Å². The molecule has 0 aromatic carbocycles. The molecule has 1 saturated heterocycles. The van der Waals surface area contributed by atoms with Crippen LogP contribution in [0.1, 0.15) is 13.3 Å². The van der Waals surface area contributed by atoms with Crippen LogP contribution in [-0.4, -0.2) is 61.4 Å². The number of nitrogens with zero attached hydrogens (tertiary/aromatic N) is 1. The Morgan fingerprint density at radius 3 is 2.42 bits per heavy atom. The van der Waals surface area contributed by atoms with Crippen molar-refractivity contribution in [3.05, 3.63) is 0 Å². The van der Waals surface area contributed by atoms with Crippen LogP contribution in [0.15, 0.2) is 0 Å². The third-order valence-corrected chi connectivity index (χ3v) is 5.01. The molecule has 0 bridgehead atoms. The number of amides is 1. The first-order valence-electron chi connectivity index (χ1n) is 6.15. The summed E-state index contributed by atoms with van der Waals surface area (Å²) in [6.07, 6.45) is -0.170. The van der Waals surface area contributed by atoms with Crippen molar-refractivity contribution in [3.63, 3.8) is 0 Å². The molecule has 1 heterocycles. The van der Waals surface area contributed by atoms with Crippen molar-refractivity contribution in [2.24, 2.45) is 17.6 Å². The lowest BCUT2D eigenvalue weighted by molar-refractivity contribution is -0.142. The lowest BCUT2D eigenvalue weighted by atomic mass is 9.99. The van der Waals surface area contributed by atoms with Crippen molar-refractivity contribution < 1.29 is 23.1 Å². The van der Waals surface area contributed by atoms with Gasteiger partial charge in [-0.3, -0.25) is 9.59 Å². The Kier molecular flexibility index (Phi) is 5.30. The van der Waals surface area contributed by atoms with Crippen LogP contribution in [0.25, 0.3) is 0 Å². The minimum Gasteiger partial charge on any atom is -0.481 e. The van der Waals surface area contributed by atoms with Gasteiger partial charge >= 0.3 is 5.97 Å². The number of nitrogens with two attached hydrogens (primary N) is 1. The first kappa shape index (κ1) is 15.9. The Balaban J connectivity index is 2.41. The van der Waals surface area contributed by atoms with Crippen molar-refractivity contribution in [2.75, 3.05) is 31.1 Å². The summed E-state index contributed by atoms with van der Waals surface area (Å²) < 4.78 is 23.3. The maximum absolute atomic E-state index is 11.6. The first-order valence-corrected chi connectivity index (χ1v) is 7.97. The van der Waals surface area contributed by atoms with Crippen molar-refractivity contribution >= 4 is 21.7 Å². The molecular weight excluding hydrogens is 272 g/mol. The molecule has 1 aliphatic heterocycles. The summed E-state index contributed by atoms with van der Waals surface area (Å²) in [5, 5.41) is 8.98. The second kappa shape index (κ2) is 6.33. The molecule has 1 aliphatic rings. The number of carboxylic acid groups (broad SMARTS) is 1. The minimum atomic E-state index is -3.31. The lowest BCUT2D eigenvalue weighted by Crippen LogP contribution is -2.30. The summed E-state index contributed by atoms with van der Waals surface area (Å²) >= 11 is 0. The summed E-state index contributed by atoms with van der Waals surface area (Å²) in [7, 11) is -3.31. The van der Waals surface area contributed by atoms with E-state index in [1.165, 1.54) is 0 Å². The molecule has 19 heavy (non-hydrogen) atoms. The maximum atomic E-state index is 11.6. The second-order valence-electron chi connectivity index (χ2n) is 5.05. The number of carbonyl (C=O) groups is 2. The molecule has 1 rings (SSSR count). The number of rotatable bonds is 7. The van der Waals surface area contributed by atoms with Crippen molar-refractivity contribution in [1.82, 2.24) is 4.90 Å². The molecule has 0 radical (unpaired) electrons. The Hall–Kier alpha value is -1.15. The molecule has 2 unspecified atom stereocenters. The SMILES string of the molecule is CC1CN(CCS(=O)(=O)CCC(N)=O)CC1C(=O)O. The van der Waals surface area contributed by atoms with Crippen LogP contribution in [0.2, 0.25) is 0 Å². The molecule has 3 N–H and O–H groups in total. The monoisotopic (exact) mass is 292 g/mol. The summed E-state index contributed by atoms with van der Waals surface area (Å²) in [4.78, 5) is 23.3. The van der Waals surface area contributed by atoms with Crippen LogP contribution in [0.5, 0.6) is 0 Å². The van der Waals surface area contributed by atoms with Gasteiger partial charge in [0.1, 0.15) is 0 Å². The van der Waals surface area contributed by atoms with E-state index in [2.05, 4.69) is 0 Å². The van der Waals surface area contributed by atoms with Crippen molar-refractivity contribution in [3.8, 4) is 0 Å². The fraction of sp³-hybridized carbons (Fsp3) is 0.818. The van der Waals surface area contributed by atoms with Crippen LogP contribution in [-0.2, 0) is 19.4 Å². The Morgan fingerprint density at radius 1 is 1.32 bits per heavy atom. The van der Waals surface area contributed by atoms with Gasteiger partial charge < -0.3 is 15.7 Å². The van der Waals surface area contributed by atoms with Gasteiger partial charge in [-0.05, 0) is 5.92 Å². The number of aliphatic carboxylic acids is 1. The van der Waals surface area contributed by atoms with E-state index in [9.17, 15) is 18.0 Å². The normalized spacial score (nSPS) is 24.5. The Labute approximate surface area is 112 Å². The summed E-state index contributed by atoms with van der Waals surface area (Å²) in [6.45, 7) is 3.11. The number of primary amides is 1. The lowest BCUT2D eigenvalue weighted by Gasteiger charge is -2.14. The maximum Gasteiger partial charge on any atom is 0.308 e. The number of carboxylic acids is 1. The smallest absolute Gasteiger partial charge is 0.308 e. The van der Waals surface area contributed by atoms with E-state index >= 15 is 0 Å². The van der Waals surface area contributed by atoms with E-state index in [0.717, 1.165) is 0 Å². The number of carbonyl (C=O) groups excluding carboxylic acids is 1. The highest BCUT2D eigenvalue weighted by Gasteiger charge is 2.34. The van der Waals surface area contributed by atoms with Crippen LogP contribution < -0.4 is 5.73 Å². The average molecular weight is 292 g/mol. The number of sulfone groups is 1. The third-order valence-electron chi connectivity index (χ3n) is 3.38. The molecule has 0 aromatic heterocycles. The van der Waals surface area contributed by atoms with Crippen LogP contribution >= 0.6 is 0 Å². The molecule has 0 spiro atoms. The number of hydrogen-bond acceptors (Lipinski definition) is 5. The highest BCUT2D eigenvalue weighted by molar-refractivity contribution is 7.91. The fourth-order valence-electron chi connectivity index (χ4n) is 2.20. The molecule has 7 nitrogen and oxygen atoms in total. The predicted octanol–water partition coefficient (Wildman–Crippen LogP) is -1.07. The van der Waals surface area contributed by atoms with Crippen molar-refractivity contribution in [1.29, 1.82) is 0 Å². The molecule has 1 amide bonds. The van der Waals surface area contributed by atoms with Crippen LogP contribution in [0.3, 0.4) is 0 Å². The standard InChI is InChI=1S/C11H20N2O5S/c1-8-6-13(7-9(8)11(15)16)3-5-19(17,18)4-2-10(12)14/h8-9H,2-7H2,1H3,(H2,12,14)(H,15,16). The van der Waals surface area contributed by atoms with E-state index < -0.39 is 27.6 Å². The van der Waals surface area contributed by atoms with E-state index in [1.807, 2.05) is 11.8 Å². The average Bonchev–Trinajstić information content (AvgIpc) is 2.66. The third kappa shape index (κ3) is 5.15. The molecule has 0 saturated carbocycles. The molecular formula is C11H20N2O5S. The van der Waals surface area contributed by atoms with Gasteiger partial charge in [0.15, 0.2) is 9.84 Å². The quantitative estimate of drug-likeness (QED) is 0.617. The Bertz CT molecular complexity index is 448. The molecule has 1 fully saturated rings. The molecule has 0 aromatic rings. The number of hydrogen-bond donors (Lipinski definition) is 2. The zero-order valence-electron chi connectivity index (χ0n) is 10.9. The highest BCUT2D eigenvalue weighted by atomic mass is 32.2. The molecule has 110 valence electrons. The van der Waals surface area contributed by atoms with E-state index in [-0.39, 0.29) is 23.8 Å². The van der Waals surface area contributed by atoms with Gasteiger partial charge in [-0.1, -0.05) is 6.92 Å². The van der Waals surface area contributed by atoms with E-state index in [0.29, 0.717) is 19.6 Å². The van der Waals surface area contributed by atoms with Gasteiger partial charge in [-0.2, -0.15) is 0 Å². The van der Waals surface area contributed by atoms with E-state index in [1.54, 1.807) is 0 Å². The largest absolute Gasteiger partial charge is 0.481 e. The number of likely N-dealkylation sites (tertiary alicyclic amines) is 1. The van der Waals surface area contributed by atoms with Crippen LogP contribution in [0.4, 0.5) is 0 Å².